The summed E-state index contributed by atoms with van der Waals surface area (Å²) in [7, 11) is 3.01. The minimum atomic E-state index is -1.35. The lowest BCUT2D eigenvalue weighted by atomic mass is 9.70. The van der Waals surface area contributed by atoms with E-state index in [-0.39, 0.29) is 28.5 Å². The Balaban J connectivity index is 1.76. The molecule has 1 aromatic heterocycles. The van der Waals surface area contributed by atoms with E-state index >= 15 is 0 Å². The number of rotatable bonds is 3. The molecule has 2 aromatic carbocycles. The van der Waals surface area contributed by atoms with Gasteiger partial charge in [-0.25, -0.2) is 4.98 Å². The van der Waals surface area contributed by atoms with E-state index < -0.39 is 5.60 Å². The number of hydrogen-bond donors (Lipinski definition) is 1. The molecule has 2 heterocycles. The number of halogens is 1. The number of pyridine rings is 1. The molecule has 3 aromatic rings. The topological polar surface area (TPSA) is 83.7 Å². The average Bonchev–Trinajstić information content (AvgIpc) is 3.13. The normalized spacial score (nSPS) is 23.5. The Morgan fingerprint density at radius 2 is 1.84 bits per heavy atom. The van der Waals surface area contributed by atoms with Crippen molar-refractivity contribution in [3.8, 4) is 28.5 Å². The van der Waals surface area contributed by atoms with Gasteiger partial charge in [0.25, 0.3) is 0 Å². The van der Waals surface area contributed by atoms with Crippen molar-refractivity contribution in [3.05, 3.63) is 70.4 Å². The Labute approximate surface area is 191 Å². The van der Waals surface area contributed by atoms with Crippen molar-refractivity contribution < 1.29 is 19.0 Å². The number of benzene rings is 2. The lowest BCUT2D eigenvalue weighted by Crippen LogP contribution is -2.49. The predicted molar refractivity (Wildman–Crippen MR) is 122 cm³/mol. The highest BCUT2D eigenvalue weighted by molar-refractivity contribution is 6.35. The molecule has 32 heavy (non-hydrogen) atoms. The van der Waals surface area contributed by atoms with Crippen LogP contribution in [0.4, 0.5) is 0 Å². The van der Waals surface area contributed by atoms with E-state index in [1.807, 2.05) is 49.4 Å². The van der Waals surface area contributed by atoms with Crippen molar-refractivity contribution in [2.45, 2.75) is 25.0 Å². The zero-order valence-corrected chi connectivity index (χ0v) is 18.8. The Hall–Kier alpha value is -3.09. The molecular weight excluding hydrogens is 428 g/mol. The summed E-state index contributed by atoms with van der Waals surface area (Å²) in [6, 6.07) is 15.0. The van der Waals surface area contributed by atoms with Gasteiger partial charge in [-0.3, -0.25) is 4.79 Å². The minimum absolute atomic E-state index is 0.229. The molecule has 1 spiro atoms. The van der Waals surface area contributed by atoms with Gasteiger partial charge in [-0.15, -0.1) is 0 Å². The molecule has 7 heteroatoms. The van der Waals surface area contributed by atoms with Gasteiger partial charge < -0.3 is 19.9 Å². The van der Waals surface area contributed by atoms with E-state index in [9.17, 15) is 4.79 Å². The molecule has 0 fully saturated rings. The number of aromatic nitrogens is 1. The van der Waals surface area contributed by atoms with Crippen LogP contribution in [0.2, 0.25) is 5.02 Å². The van der Waals surface area contributed by atoms with Crippen LogP contribution in [0.25, 0.3) is 11.3 Å². The van der Waals surface area contributed by atoms with Gasteiger partial charge in [-0.2, -0.15) is 0 Å². The number of hydrogen-bond acceptors (Lipinski definition) is 6. The summed E-state index contributed by atoms with van der Waals surface area (Å²) in [5.74, 6) is 0.514. The molecule has 0 amide bonds. The number of ether oxygens (including phenoxy) is 3. The first-order valence-electron chi connectivity index (χ1n) is 10.4. The number of ketones is 1. The van der Waals surface area contributed by atoms with E-state index in [0.29, 0.717) is 29.2 Å². The van der Waals surface area contributed by atoms with E-state index in [1.165, 1.54) is 14.2 Å². The van der Waals surface area contributed by atoms with Crippen molar-refractivity contribution in [2.75, 3.05) is 14.2 Å². The molecular formula is C25H23ClN2O4. The maximum Gasteiger partial charge on any atom is 0.220 e. The number of fused-ring (bicyclic) bond motifs is 3. The Bertz CT molecular complexity index is 1230. The number of nitrogens with two attached hydrogens (primary N) is 1. The Kier molecular flexibility index (Phi) is 4.87. The minimum Gasteiger partial charge on any atom is -0.496 e. The van der Waals surface area contributed by atoms with Crippen LogP contribution in [0, 0.1) is 5.92 Å². The molecule has 2 N–H and O–H groups in total. The summed E-state index contributed by atoms with van der Waals surface area (Å²) in [5.41, 5.74) is 8.45. The molecule has 6 nitrogen and oxygen atoms in total. The maximum atomic E-state index is 14.0. The van der Waals surface area contributed by atoms with Crippen LogP contribution in [0.3, 0.4) is 0 Å². The molecule has 0 radical (unpaired) electrons. The van der Waals surface area contributed by atoms with Crippen LogP contribution in [0.15, 0.2) is 48.5 Å². The van der Waals surface area contributed by atoms with E-state index in [0.717, 1.165) is 16.8 Å². The van der Waals surface area contributed by atoms with Crippen LogP contribution in [0.5, 0.6) is 17.2 Å². The fourth-order valence-electron chi connectivity index (χ4n) is 4.83. The van der Waals surface area contributed by atoms with E-state index in [2.05, 4.69) is 0 Å². The molecule has 164 valence electrons. The lowest BCUT2D eigenvalue weighted by molar-refractivity contribution is 0.0154. The molecule has 2 aliphatic rings. The number of Topliss-reactive ketones (excluding diaryl/α,β-unsaturated/α-hetero) is 1. The first-order valence-corrected chi connectivity index (χ1v) is 10.8. The van der Waals surface area contributed by atoms with Crippen molar-refractivity contribution in [1.82, 2.24) is 4.98 Å². The van der Waals surface area contributed by atoms with Crippen LogP contribution < -0.4 is 19.9 Å². The van der Waals surface area contributed by atoms with E-state index in [4.69, 9.17) is 36.5 Å². The highest BCUT2D eigenvalue weighted by Gasteiger charge is 2.59. The summed E-state index contributed by atoms with van der Waals surface area (Å²) >= 11 is 6.58. The van der Waals surface area contributed by atoms with E-state index in [1.54, 1.807) is 6.07 Å². The quantitative estimate of drug-likeness (QED) is 0.609. The summed E-state index contributed by atoms with van der Waals surface area (Å²) < 4.78 is 17.4. The van der Waals surface area contributed by atoms with Gasteiger partial charge in [0.1, 0.15) is 22.1 Å². The monoisotopic (exact) mass is 450 g/mol. The molecule has 0 bridgehead atoms. The van der Waals surface area contributed by atoms with Crippen molar-refractivity contribution in [1.29, 1.82) is 0 Å². The molecule has 1 aliphatic carbocycles. The highest BCUT2D eigenvalue weighted by atomic mass is 35.5. The molecule has 3 atom stereocenters. The van der Waals surface area contributed by atoms with Crippen LogP contribution in [-0.4, -0.2) is 25.0 Å². The Morgan fingerprint density at radius 3 is 2.53 bits per heavy atom. The zero-order chi connectivity index (χ0) is 22.6. The number of carbonyl (C=O) groups excluding carboxylic acids is 1. The SMILES string of the molecule is COc1cc(OC)c2c(c1Cl)O[C@]1(C2=O)c2nc(-c3ccccc3)ccc2C(N)C[C@H]1C. The lowest BCUT2D eigenvalue weighted by Gasteiger charge is -2.40. The third-order valence-corrected chi connectivity index (χ3v) is 6.83. The van der Waals surface area contributed by atoms with Crippen LogP contribution >= 0.6 is 11.6 Å². The molecule has 0 saturated carbocycles. The summed E-state index contributed by atoms with van der Waals surface area (Å²) in [4.78, 5) is 19.0. The summed E-state index contributed by atoms with van der Waals surface area (Å²) in [5, 5.41) is 0.233. The number of carbonyl (C=O) groups is 1. The van der Waals surface area contributed by atoms with Gasteiger partial charge in [0.15, 0.2) is 5.75 Å². The van der Waals surface area contributed by atoms with Gasteiger partial charge in [0.05, 0.1) is 25.6 Å². The van der Waals surface area contributed by atoms with Gasteiger partial charge in [0, 0.05) is 23.6 Å². The second-order valence-corrected chi connectivity index (χ2v) is 8.59. The first kappa shape index (κ1) is 20.8. The first-order chi connectivity index (χ1) is 15.4. The van der Waals surface area contributed by atoms with Crippen molar-refractivity contribution in [2.24, 2.45) is 11.7 Å². The zero-order valence-electron chi connectivity index (χ0n) is 18.0. The average molecular weight is 451 g/mol. The molecule has 1 unspecified atom stereocenters. The molecule has 1 aliphatic heterocycles. The van der Waals surface area contributed by atoms with Gasteiger partial charge in [-0.1, -0.05) is 54.9 Å². The third kappa shape index (κ3) is 2.76. The predicted octanol–water partition coefficient (Wildman–Crippen LogP) is 4.93. The van der Waals surface area contributed by atoms with Crippen molar-refractivity contribution >= 4 is 17.4 Å². The van der Waals surface area contributed by atoms with Crippen molar-refractivity contribution in [3.63, 3.8) is 0 Å². The third-order valence-electron chi connectivity index (χ3n) is 6.47. The maximum absolute atomic E-state index is 14.0. The Morgan fingerprint density at radius 1 is 1.12 bits per heavy atom. The fourth-order valence-corrected chi connectivity index (χ4v) is 5.09. The highest BCUT2D eigenvalue weighted by Crippen LogP contribution is 2.57. The van der Waals surface area contributed by atoms with Crippen LogP contribution in [0.1, 0.15) is 41.0 Å². The van der Waals surface area contributed by atoms with Gasteiger partial charge in [0.2, 0.25) is 11.4 Å². The second kappa shape index (κ2) is 7.50. The van der Waals surface area contributed by atoms with Gasteiger partial charge >= 0.3 is 0 Å². The standard InChI is InChI=1S/C25H23ClN2O4/c1-13-11-16(27)15-9-10-17(14-7-5-4-6-8-14)28-23(15)25(13)24(29)20-18(30-2)12-19(31-3)21(26)22(20)32-25/h4-10,12-13,16H,11,27H2,1-3H3/t13-,16?,25+/m1/s1. The summed E-state index contributed by atoms with van der Waals surface area (Å²) in [6.07, 6.45) is 0.566. The summed E-state index contributed by atoms with van der Waals surface area (Å²) in [6.45, 7) is 1.96. The second-order valence-electron chi connectivity index (χ2n) is 8.21. The molecule has 5 rings (SSSR count). The largest absolute Gasteiger partial charge is 0.496 e. The van der Waals surface area contributed by atoms with Crippen LogP contribution in [-0.2, 0) is 5.60 Å². The fraction of sp³-hybridized carbons (Fsp3) is 0.280. The smallest absolute Gasteiger partial charge is 0.220 e. The molecule has 0 saturated heterocycles. The van der Waals surface area contributed by atoms with Gasteiger partial charge in [-0.05, 0) is 18.1 Å². The number of nitrogens with zero attached hydrogens (tertiary/aromatic N) is 1. The number of methoxy groups -OCH3 is 2.